The standard InChI is InChI=1S/C15H19BrF2O/c1-9(2)10-5-3-4-8-15(10,19)13-12(17)7-6-11(16)14(13)18/h6-7,9-10,19H,3-5,8H2,1-2H3. The van der Waals surface area contributed by atoms with Gasteiger partial charge in [-0.15, -0.1) is 0 Å². The third kappa shape index (κ3) is 2.57. The molecule has 1 aromatic carbocycles. The summed E-state index contributed by atoms with van der Waals surface area (Å²) in [6.07, 6.45) is 3.02. The Bertz CT molecular complexity index is 475. The summed E-state index contributed by atoms with van der Waals surface area (Å²) < 4.78 is 28.6. The van der Waals surface area contributed by atoms with Crippen LogP contribution in [0.4, 0.5) is 8.78 Å². The van der Waals surface area contributed by atoms with Gasteiger partial charge < -0.3 is 5.11 Å². The van der Waals surface area contributed by atoms with E-state index in [1.807, 2.05) is 13.8 Å². The molecule has 1 fully saturated rings. The molecule has 0 bridgehead atoms. The lowest BCUT2D eigenvalue weighted by Gasteiger charge is -2.43. The van der Waals surface area contributed by atoms with Gasteiger partial charge in [0.2, 0.25) is 0 Å². The minimum Gasteiger partial charge on any atom is -0.385 e. The predicted octanol–water partition coefficient (Wildman–Crippen LogP) is 4.76. The lowest BCUT2D eigenvalue weighted by atomic mass is 9.67. The minimum absolute atomic E-state index is 0.112. The van der Waals surface area contributed by atoms with Crippen molar-refractivity contribution in [3.8, 4) is 0 Å². The molecule has 1 saturated carbocycles. The van der Waals surface area contributed by atoms with Crippen molar-refractivity contribution in [3.05, 3.63) is 33.8 Å². The Hall–Kier alpha value is -0.480. The molecular formula is C15H19BrF2O. The number of halogens is 3. The second kappa shape index (κ2) is 5.49. The Labute approximate surface area is 121 Å². The van der Waals surface area contributed by atoms with Crippen molar-refractivity contribution in [2.24, 2.45) is 11.8 Å². The van der Waals surface area contributed by atoms with Crippen molar-refractivity contribution in [1.82, 2.24) is 0 Å². The molecule has 19 heavy (non-hydrogen) atoms. The number of rotatable bonds is 2. The van der Waals surface area contributed by atoms with E-state index < -0.39 is 17.2 Å². The quantitative estimate of drug-likeness (QED) is 0.774. The van der Waals surface area contributed by atoms with Crippen LogP contribution in [0.3, 0.4) is 0 Å². The van der Waals surface area contributed by atoms with Crippen molar-refractivity contribution in [1.29, 1.82) is 0 Å². The molecule has 4 heteroatoms. The highest BCUT2D eigenvalue weighted by atomic mass is 79.9. The van der Waals surface area contributed by atoms with Crippen molar-refractivity contribution in [3.63, 3.8) is 0 Å². The van der Waals surface area contributed by atoms with E-state index in [9.17, 15) is 13.9 Å². The van der Waals surface area contributed by atoms with Gasteiger partial charge in [0.05, 0.1) is 15.6 Å². The van der Waals surface area contributed by atoms with Crippen LogP contribution < -0.4 is 0 Å². The van der Waals surface area contributed by atoms with Gasteiger partial charge in [-0.25, -0.2) is 8.78 Å². The summed E-state index contributed by atoms with van der Waals surface area (Å²) in [5, 5.41) is 11.0. The first-order chi connectivity index (χ1) is 8.88. The Morgan fingerprint density at radius 1 is 1.32 bits per heavy atom. The van der Waals surface area contributed by atoms with Crippen LogP contribution in [0.2, 0.25) is 0 Å². The summed E-state index contributed by atoms with van der Waals surface area (Å²) in [6, 6.07) is 2.55. The van der Waals surface area contributed by atoms with Crippen LogP contribution in [0.25, 0.3) is 0 Å². The first kappa shape index (κ1) is 14.9. The zero-order valence-electron chi connectivity index (χ0n) is 11.2. The second-order valence-electron chi connectivity index (χ2n) is 5.74. The van der Waals surface area contributed by atoms with Gasteiger partial charge in [-0.05, 0) is 52.7 Å². The summed E-state index contributed by atoms with van der Waals surface area (Å²) >= 11 is 3.08. The lowest BCUT2D eigenvalue weighted by Crippen LogP contribution is -2.42. The number of aliphatic hydroxyl groups is 1. The van der Waals surface area contributed by atoms with E-state index in [-0.39, 0.29) is 21.9 Å². The molecule has 0 heterocycles. The SMILES string of the molecule is CC(C)C1CCCCC1(O)c1c(F)ccc(Br)c1F. The van der Waals surface area contributed by atoms with Crippen LogP contribution >= 0.6 is 15.9 Å². The number of benzene rings is 1. The maximum atomic E-state index is 14.3. The molecule has 0 aromatic heterocycles. The van der Waals surface area contributed by atoms with Gasteiger partial charge in [0.15, 0.2) is 0 Å². The fourth-order valence-electron chi connectivity index (χ4n) is 3.30. The summed E-state index contributed by atoms with van der Waals surface area (Å²) in [5.41, 5.74) is -1.56. The van der Waals surface area contributed by atoms with E-state index in [0.29, 0.717) is 6.42 Å². The first-order valence-corrected chi connectivity index (χ1v) is 7.53. The van der Waals surface area contributed by atoms with Gasteiger partial charge in [0, 0.05) is 0 Å². The molecule has 0 amide bonds. The fraction of sp³-hybridized carbons (Fsp3) is 0.600. The molecular weight excluding hydrogens is 314 g/mol. The molecule has 0 aliphatic heterocycles. The second-order valence-corrected chi connectivity index (χ2v) is 6.59. The van der Waals surface area contributed by atoms with Crippen LogP contribution in [0.5, 0.6) is 0 Å². The largest absolute Gasteiger partial charge is 0.385 e. The van der Waals surface area contributed by atoms with Gasteiger partial charge >= 0.3 is 0 Å². The van der Waals surface area contributed by atoms with Crippen molar-refractivity contribution < 1.29 is 13.9 Å². The smallest absolute Gasteiger partial charge is 0.146 e. The van der Waals surface area contributed by atoms with Gasteiger partial charge in [-0.3, -0.25) is 0 Å². The van der Waals surface area contributed by atoms with E-state index in [1.54, 1.807) is 0 Å². The van der Waals surface area contributed by atoms with E-state index in [4.69, 9.17) is 0 Å². The lowest BCUT2D eigenvalue weighted by molar-refractivity contribution is -0.0770. The van der Waals surface area contributed by atoms with E-state index >= 15 is 0 Å². The number of hydrogen-bond donors (Lipinski definition) is 1. The third-order valence-corrected chi connectivity index (χ3v) is 4.83. The van der Waals surface area contributed by atoms with Crippen molar-refractivity contribution >= 4 is 15.9 Å². The predicted molar refractivity (Wildman–Crippen MR) is 74.8 cm³/mol. The van der Waals surface area contributed by atoms with E-state index in [1.165, 1.54) is 12.1 Å². The topological polar surface area (TPSA) is 20.2 Å². The maximum absolute atomic E-state index is 14.3. The molecule has 0 spiro atoms. The Kier molecular flexibility index (Phi) is 4.31. The normalized spacial score (nSPS) is 27.8. The summed E-state index contributed by atoms with van der Waals surface area (Å²) in [4.78, 5) is 0. The highest BCUT2D eigenvalue weighted by Crippen LogP contribution is 2.47. The van der Waals surface area contributed by atoms with E-state index in [0.717, 1.165) is 19.3 Å². The van der Waals surface area contributed by atoms with Crippen LogP contribution in [-0.2, 0) is 5.60 Å². The molecule has 1 aliphatic carbocycles. The Morgan fingerprint density at radius 2 is 2.00 bits per heavy atom. The summed E-state index contributed by atoms with van der Waals surface area (Å²) in [6.45, 7) is 3.99. The molecule has 2 rings (SSSR count). The Balaban J connectivity index is 2.56. The van der Waals surface area contributed by atoms with Crippen LogP contribution in [0, 0.1) is 23.5 Å². The molecule has 1 N–H and O–H groups in total. The van der Waals surface area contributed by atoms with Gasteiger partial charge in [0.1, 0.15) is 11.6 Å². The monoisotopic (exact) mass is 332 g/mol. The van der Waals surface area contributed by atoms with Crippen molar-refractivity contribution in [2.45, 2.75) is 45.1 Å². The minimum atomic E-state index is -1.40. The summed E-state index contributed by atoms with van der Waals surface area (Å²) in [5.74, 6) is -1.26. The zero-order chi connectivity index (χ0) is 14.2. The average molecular weight is 333 g/mol. The van der Waals surface area contributed by atoms with E-state index in [2.05, 4.69) is 15.9 Å². The van der Waals surface area contributed by atoms with Crippen molar-refractivity contribution in [2.75, 3.05) is 0 Å². The first-order valence-electron chi connectivity index (χ1n) is 6.74. The molecule has 1 aliphatic rings. The molecule has 1 nitrogen and oxygen atoms in total. The van der Waals surface area contributed by atoms with Crippen LogP contribution in [-0.4, -0.2) is 5.11 Å². The number of hydrogen-bond acceptors (Lipinski definition) is 1. The summed E-state index contributed by atoms with van der Waals surface area (Å²) in [7, 11) is 0. The maximum Gasteiger partial charge on any atom is 0.146 e. The third-order valence-electron chi connectivity index (χ3n) is 4.22. The highest BCUT2D eigenvalue weighted by molar-refractivity contribution is 9.10. The molecule has 0 radical (unpaired) electrons. The molecule has 106 valence electrons. The van der Waals surface area contributed by atoms with Gasteiger partial charge in [-0.1, -0.05) is 26.7 Å². The van der Waals surface area contributed by atoms with Gasteiger partial charge in [0.25, 0.3) is 0 Å². The Morgan fingerprint density at radius 3 is 2.63 bits per heavy atom. The van der Waals surface area contributed by atoms with Crippen LogP contribution in [0.1, 0.15) is 45.1 Å². The zero-order valence-corrected chi connectivity index (χ0v) is 12.8. The molecule has 2 atom stereocenters. The fourth-order valence-corrected chi connectivity index (χ4v) is 3.63. The molecule has 0 saturated heterocycles. The van der Waals surface area contributed by atoms with Crippen LogP contribution in [0.15, 0.2) is 16.6 Å². The highest BCUT2D eigenvalue weighted by Gasteiger charge is 2.45. The molecule has 1 aromatic rings. The van der Waals surface area contributed by atoms with Gasteiger partial charge in [-0.2, -0.15) is 0 Å². The molecule has 2 unspecified atom stereocenters. The average Bonchev–Trinajstić information content (AvgIpc) is 2.34.